The molecule has 1 aromatic heterocycles. The average Bonchev–Trinajstić information content (AvgIpc) is 2.61. The number of hydrogen-bond acceptors (Lipinski definition) is 2. The first-order valence-electron chi connectivity index (χ1n) is 4.93. The summed E-state index contributed by atoms with van der Waals surface area (Å²) in [5, 5.41) is 10.3. The number of imidazole rings is 1. The van der Waals surface area contributed by atoms with E-state index in [0.717, 1.165) is 5.69 Å². The number of aliphatic hydroxyl groups is 1. The summed E-state index contributed by atoms with van der Waals surface area (Å²) in [5.41, 5.74) is 0.323. The van der Waals surface area contributed by atoms with Crippen molar-refractivity contribution < 1.29 is 5.11 Å². The molecule has 0 aromatic carbocycles. The minimum absolute atomic E-state index is 0.502. The molecule has 2 unspecified atom stereocenters. The second-order valence-electron chi connectivity index (χ2n) is 4.39. The van der Waals surface area contributed by atoms with Gasteiger partial charge in [0.15, 0.2) is 0 Å². The van der Waals surface area contributed by atoms with Gasteiger partial charge in [0.1, 0.15) is 5.60 Å². The lowest BCUT2D eigenvalue weighted by Crippen LogP contribution is -2.13. The highest BCUT2D eigenvalue weighted by atomic mass is 16.3. The summed E-state index contributed by atoms with van der Waals surface area (Å²) < 4.78 is 1.90. The van der Waals surface area contributed by atoms with Gasteiger partial charge in [-0.1, -0.05) is 6.42 Å². The van der Waals surface area contributed by atoms with Crippen LogP contribution in [-0.2, 0) is 12.6 Å². The molecule has 2 fully saturated rings. The molecule has 3 rings (SSSR count). The van der Waals surface area contributed by atoms with Gasteiger partial charge in [0, 0.05) is 13.2 Å². The maximum atomic E-state index is 10.3. The Kier molecular flexibility index (Phi) is 1.25. The summed E-state index contributed by atoms with van der Waals surface area (Å²) in [6.45, 7) is 0. The Balaban J connectivity index is 1.95. The maximum Gasteiger partial charge on any atom is 0.114 e. The minimum Gasteiger partial charge on any atom is -0.383 e. The molecular weight excluding hydrogens is 164 g/mol. The summed E-state index contributed by atoms with van der Waals surface area (Å²) in [4.78, 5) is 4.24. The molecule has 2 aliphatic carbocycles. The summed E-state index contributed by atoms with van der Waals surface area (Å²) in [6, 6.07) is 0. The lowest BCUT2D eigenvalue weighted by atomic mass is 10.1. The van der Waals surface area contributed by atoms with Gasteiger partial charge in [0.2, 0.25) is 0 Å². The fourth-order valence-electron chi connectivity index (χ4n) is 2.92. The Labute approximate surface area is 77.4 Å². The Morgan fingerprint density at radius 2 is 2.23 bits per heavy atom. The molecule has 0 bridgehead atoms. The SMILES string of the molecule is Cn1cnc(C2(O)C3CCCC32)c1. The van der Waals surface area contributed by atoms with Crippen LogP contribution in [0.1, 0.15) is 25.0 Å². The molecule has 2 aliphatic rings. The van der Waals surface area contributed by atoms with Crippen LogP contribution in [0.25, 0.3) is 0 Å². The smallest absolute Gasteiger partial charge is 0.114 e. The molecule has 1 heterocycles. The van der Waals surface area contributed by atoms with Gasteiger partial charge < -0.3 is 9.67 Å². The molecule has 2 atom stereocenters. The van der Waals surface area contributed by atoms with E-state index in [0.29, 0.717) is 11.8 Å². The number of hydrogen-bond donors (Lipinski definition) is 1. The quantitative estimate of drug-likeness (QED) is 0.697. The van der Waals surface area contributed by atoms with Gasteiger partial charge in [0.05, 0.1) is 12.0 Å². The first-order chi connectivity index (χ1) is 6.23. The molecule has 1 aromatic rings. The lowest BCUT2D eigenvalue weighted by molar-refractivity contribution is 0.101. The van der Waals surface area contributed by atoms with E-state index in [2.05, 4.69) is 4.98 Å². The Bertz CT molecular complexity index is 334. The fraction of sp³-hybridized carbons (Fsp3) is 0.700. The van der Waals surface area contributed by atoms with Crippen LogP contribution in [-0.4, -0.2) is 14.7 Å². The summed E-state index contributed by atoms with van der Waals surface area (Å²) >= 11 is 0. The van der Waals surface area contributed by atoms with Crippen molar-refractivity contribution in [3.63, 3.8) is 0 Å². The highest BCUT2D eigenvalue weighted by Crippen LogP contribution is 2.65. The van der Waals surface area contributed by atoms with Crippen LogP contribution < -0.4 is 0 Å². The zero-order valence-electron chi connectivity index (χ0n) is 7.77. The van der Waals surface area contributed by atoms with E-state index >= 15 is 0 Å². The summed E-state index contributed by atoms with van der Waals surface area (Å²) in [6.07, 6.45) is 7.35. The van der Waals surface area contributed by atoms with Gasteiger partial charge in [0.25, 0.3) is 0 Å². The molecule has 1 N–H and O–H groups in total. The predicted octanol–water partition coefficient (Wildman–Crippen LogP) is 1.04. The van der Waals surface area contributed by atoms with Crippen molar-refractivity contribution in [1.29, 1.82) is 0 Å². The van der Waals surface area contributed by atoms with Crippen LogP contribution >= 0.6 is 0 Å². The summed E-state index contributed by atoms with van der Waals surface area (Å²) in [7, 11) is 1.94. The van der Waals surface area contributed by atoms with Crippen LogP contribution in [0, 0.1) is 11.8 Å². The van der Waals surface area contributed by atoms with Crippen LogP contribution in [0.5, 0.6) is 0 Å². The number of rotatable bonds is 1. The molecule has 13 heavy (non-hydrogen) atoms. The fourth-order valence-corrected chi connectivity index (χ4v) is 2.92. The minimum atomic E-state index is -0.556. The number of aryl methyl sites for hydroxylation is 1. The maximum absolute atomic E-state index is 10.3. The largest absolute Gasteiger partial charge is 0.383 e. The molecule has 0 spiro atoms. The zero-order valence-corrected chi connectivity index (χ0v) is 7.77. The highest BCUT2D eigenvalue weighted by molar-refractivity contribution is 5.26. The van der Waals surface area contributed by atoms with E-state index in [1.807, 2.05) is 17.8 Å². The normalized spacial score (nSPS) is 42.0. The third kappa shape index (κ3) is 0.804. The molecule has 3 heteroatoms. The topological polar surface area (TPSA) is 38.0 Å². The van der Waals surface area contributed by atoms with Crippen LogP contribution in [0.4, 0.5) is 0 Å². The van der Waals surface area contributed by atoms with E-state index in [9.17, 15) is 5.11 Å². The third-order valence-corrected chi connectivity index (χ3v) is 3.65. The predicted molar refractivity (Wildman–Crippen MR) is 47.9 cm³/mol. The number of fused-ring (bicyclic) bond motifs is 1. The number of nitrogens with zero attached hydrogens (tertiary/aromatic N) is 2. The van der Waals surface area contributed by atoms with Gasteiger partial charge in [-0.05, 0) is 24.7 Å². The standard InChI is InChI=1S/C10H14N2O/c1-12-5-9(11-6-12)10(13)7-3-2-4-8(7)10/h5-8,13H,2-4H2,1H3. The summed E-state index contributed by atoms with van der Waals surface area (Å²) in [5.74, 6) is 1.00. The molecule has 0 aliphatic heterocycles. The monoisotopic (exact) mass is 178 g/mol. The van der Waals surface area contributed by atoms with Crippen LogP contribution in [0.2, 0.25) is 0 Å². The van der Waals surface area contributed by atoms with Crippen molar-refractivity contribution >= 4 is 0 Å². The lowest BCUT2D eigenvalue weighted by Gasteiger charge is -2.10. The van der Waals surface area contributed by atoms with Gasteiger partial charge >= 0.3 is 0 Å². The molecule has 0 amide bonds. The molecule has 0 saturated heterocycles. The van der Waals surface area contributed by atoms with Gasteiger partial charge in [-0.2, -0.15) is 0 Å². The molecule has 70 valence electrons. The van der Waals surface area contributed by atoms with Gasteiger partial charge in [-0.25, -0.2) is 4.98 Å². The third-order valence-electron chi connectivity index (χ3n) is 3.65. The van der Waals surface area contributed by atoms with Gasteiger partial charge in [-0.15, -0.1) is 0 Å². The molecule has 2 saturated carbocycles. The van der Waals surface area contributed by atoms with E-state index in [-0.39, 0.29) is 0 Å². The first kappa shape index (κ1) is 7.56. The van der Waals surface area contributed by atoms with Crippen LogP contribution in [0.15, 0.2) is 12.5 Å². The van der Waals surface area contributed by atoms with E-state index in [1.165, 1.54) is 19.3 Å². The van der Waals surface area contributed by atoms with Crippen molar-refractivity contribution in [1.82, 2.24) is 9.55 Å². The van der Waals surface area contributed by atoms with Crippen molar-refractivity contribution in [2.75, 3.05) is 0 Å². The first-order valence-corrected chi connectivity index (χ1v) is 4.93. The Morgan fingerprint density at radius 1 is 1.54 bits per heavy atom. The second-order valence-corrected chi connectivity index (χ2v) is 4.39. The molecule has 0 radical (unpaired) electrons. The van der Waals surface area contributed by atoms with E-state index in [4.69, 9.17) is 0 Å². The molecule has 3 nitrogen and oxygen atoms in total. The Morgan fingerprint density at radius 3 is 2.77 bits per heavy atom. The van der Waals surface area contributed by atoms with E-state index in [1.54, 1.807) is 6.33 Å². The zero-order chi connectivity index (χ0) is 9.05. The van der Waals surface area contributed by atoms with Crippen molar-refractivity contribution in [3.05, 3.63) is 18.2 Å². The number of aromatic nitrogens is 2. The Hall–Kier alpha value is -0.830. The average molecular weight is 178 g/mol. The van der Waals surface area contributed by atoms with Crippen LogP contribution in [0.3, 0.4) is 0 Å². The van der Waals surface area contributed by atoms with Crippen molar-refractivity contribution in [2.24, 2.45) is 18.9 Å². The van der Waals surface area contributed by atoms with Gasteiger partial charge in [-0.3, -0.25) is 0 Å². The molecular formula is C10H14N2O. The van der Waals surface area contributed by atoms with E-state index < -0.39 is 5.60 Å². The van der Waals surface area contributed by atoms with Crippen molar-refractivity contribution in [3.8, 4) is 0 Å². The second kappa shape index (κ2) is 2.15. The van der Waals surface area contributed by atoms with Crippen molar-refractivity contribution in [2.45, 2.75) is 24.9 Å². The highest BCUT2D eigenvalue weighted by Gasteiger charge is 2.67.